The summed E-state index contributed by atoms with van der Waals surface area (Å²) in [5.41, 5.74) is 2.60. The standard InChI is InChI=1S/C25H22N4O4S/c30-23(16-5-7-17-18(12-16)26-22-4-2-1-3-9-29(22)24(17)31)28-25-27-19(14-34-25)15-6-8-20-21(13-15)33-11-10-32-20/h5-8,12-14H,1-4,9-11H2,(H,27,28,30). The monoisotopic (exact) mass is 474 g/mol. The minimum Gasteiger partial charge on any atom is -0.486 e. The fourth-order valence-corrected chi connectivity index (χ4v) is 5.11. The smallest absolute Gasteiger partial charge is 0.261 e. The van der Waals surface area contributed by atoms with Crippen molar-refractivity contribution < 1.29 is 14.3 Å². The topological polar surface area (TPSA) is 95.3 Å². The predicted molar refractivity (Wildman–Crippen MR) is 130 cm³/mol. The SMILES string of the molecule is O=C(Nc1nc(-c2ccc3c(c2)OCCO3)cs1)c1ccc2c(=O)n3c(nc2c1)CCCCC3. The summed E-state index contributed by atoms with van der Waals surface area (Å²) in [7, 11) is 0. The van der Waals surface area contributed by atoms with Crippen molar-refractivity contribution in [3.05, 3.63) is 63.5 Å². The summed E-state index contributed by atoms with van der Waals surface area (Å²) in [5, 5.41) is 5.78. The summed E-state index contributed by atoms with van der Waals surface area (Å²) in [4.78, 5) is 35.1. The molecule has 6 rings (SSSR count). The van der Waals surface area contributed by atoms with Gasteiger partial charge in [-0.05, 0) is 49.2 Å². The van der Waals surface area contributed by atoms with E-state index in [9.17, 15) is 9.59 Å². The van der Waals surface area contributed by atoms with Gasteiger partial charge in [0.05, 0.1) is 16.6 Å². The van der Waals surface area contributed by atoms with E-state index in [4.69, 9.17) is 14.5 Å². The second-order valence-electron chi connectivity index (χ2n) is 8.38. The Labute approximate surface area is 199 Å². The molecule has 34 heavy (non-hydrogen) atoms. The third-order valence-corrected chi connectivity index (χ3v) is 6.90. The molecule has 0 saturated heterocycles. The predicted octanol–water partition coefficient (Wildman–Crippen LogP) is 4.27. The Bertz CT molecular complexity index is 1480. The van der Waals surface area contributed by atoms with Crippen molar-refractivity contribution in [2.75, 3.05) is 18.5 Å². The fourth-order valence-electron chi connectivity index (χ4n) is 4.40. The molecule has 0 saturated carbocycles. The highest BCUT2D eigenvalue weighted by Gasteiger charge is 2.17. The minimum absolute atomic E-state index is 0.0298. The van der Waals surface area contributed by atoms with E-state index in [1.807, 2.05) is 23.6 Å². The molecule has 2 aliphatic rings. The first-order valence-corrected chi connectivity index (χ1v) is 12.2. The number of nitrogens with one attached hydrogen (secondary N) is 1. The van der Waals surface area contributed by atoms with Crippen LogP contribution in [0.3, 0.4) is 0 Å². The van der Waals surface area contributed by atoms with Gasteiger partial charge in [-0.3, -0.25) is 19.5 Å². The second kappa shape index (κ2) is 8.57. The molecule has 4 aromatic rings. The summed E-state index contributed by atoms with van der Waals surface area (Å²) in [6.45, 7) is 1.76. The van der Waals surface area contributed by atoms with Gasteiger partial charge in [-0.15, -0.1) is 11.3 Å². The van der Waals surface area contributed by atoms with Crippen molar-refractivity contribution in [3.8, 4) is 22.8 Å². The number of anilines is 1. The van der Waals surface area contributed by atoms with Crippen molar-refractivity contribution >= 4 is 33.3 Å². The van der Waals surface area contributed by atoms with Gasteiger partial charge >= 0.3 is 0 Å². The average molecular weight is 475 g/mol. The number of nitrogens with zero attached hydrogens (tertiary/aromatic N) is 3. The summed E-state index contributed by atoms with van der Waals surface area (Å²) in [6.07, 6.45) is 3.88. The van der Waals surface area contributed by atoms with E-state index in [0.717, 1.165) is 48.5 Å². The van der Waals surface area contributed by atoms with Crippen LogP contribution in [-0.4, -0.2) is 33.7 Å². The van der Waals surface area contributed by atoms with Crippen molar-refractivity contribution in [3.63, 3.8) is 0 Å². The molecule has 0 fully saturated rings. The number of benzene rings is 2. The second-order valence-corrected chi connectivity index (χ2v) is 9.24. The van der Waals surface area contributed by atoms with Crippen LogP contribution in [0.25, 0.3) is 22.2 Å². The highest BCUT2D eigenvalue weighted by Crippen LogP contribution is 2.35. The molecule has 1 N–H and O–H groups in total. The maximum Gasteiger partial charge on any atom is 0.261 e. The lowest BCUT2D eigenvalue weighted by molar-refractivity contribution is 0.102. The number of fused-ring (bicyclic) bond motifs is 3. The summed E-state index contributed by atoms with van der Waals surface area (Å²) in [6, 6.07) is 10.7. The Morgan fingerprint density at radius 3 is 2.79 bits per heavy atom. The number of hydrogen-bond acceptors (Lipinski definition) is 7. The lowest BCUT2D eigenvalue weighted by Crippen LogP contribution is -2.24. The van der Waals surface area contributed by atoms with Gasteiger partial charge in [0.2, 0.25) is 0 Å². The molecule has 0 unspecified atom stereocenters. The molecule has 0 radical (unpaired) electrons. The van der Waals surface area contributed by atoms with Crippen LogP contribution < -0.4 is 20.3 Å². The zero-order valence-corrected chi connectivity index (χ0v) is 19.2. The van der Waals surface area contributed by atoms with Crippen molar-refractivity contribution in [2.24, 2.45) is 0 Å². The highest BCUT2D eigenvalue weighted by atomic mass is 32.1. The van der Waals surface area contributed by atoms with E-state index < -0.39 is 0 Å². The number of hydrogen-bond donors (Lipinski definition) is 1. The third kappa shape index (κ3) is 3.81. The molecule has 2 aromatic heterocycles. The van der Waals surface area contributed by atoms with E-state index in [2.05, 4.69) is 10.3 Å². The molecule has 9 heteroatoms. The Morgan fingerprint density at radius 1 is 1.00 bits per heavy atom. The first-order valence-electron chi connectivity index (χ1n) is 11.4. The maximum absolute atomic E-state index is 12.9. The molecule has 0 atom stereocenters. The normalized spacial score (nSPS) is 14.9. The number of carbonyl (C=O) groups is 1. The van der Waals surface area contributed by atoms with Gasteiger partial charge in [0, 0.05) is 29.5 Å². The van der Waals surface area contributed by atoms with Gasteiger partial charge in [-0.1, -0.05) is 6.42 Å². The van der Waals surface area contributed by atoms with Gasteiger partial charge in [0.15, 0.2) is 16.6 Å². The van der Waals surface area contributed by atoms with E-state index in [0.29, 0.717) is 47.1 Å². The molecule has 1 amide bonds. The first kappa shape index (κ1) is 20.9. The largest absolute Gasteiger partial charge is 0.486 e. The average Bonchev–Trinajstić information content (AvgIpc) is 3.20. The Balaban J connectivity index is 1.25. The summed E-state index contributed by atoms with van der Waals surface area (Å²) < 4.78 is 13.0. The molecule has 4 heterocycles. The summed E-state index contributed by atoms with van der Waals surface area (Å²) >= 11 is 1.35. The molecule has 0 aliphatic carbocycles. The number of carbonyl (C=O) groups excluding carboxylic acids is 1. The van der Waals surface area contributed by atoms with E-state index >= 15 is 0 Å². The van der Waals surface area contributed by atoms with Gasteiger partial charge in [-0.2, -0.15) is 0 Å². The number of rotatable bonds is 3. The Morgan fingerprint density at radius 2 is 1.88 bits per heavy atom. The molecule has 8 nitrogen and oxygen atoms in total. The quantitative estimate of drug-likeness (QED) is 0.477. The molecule has 172 valence electrons. The molecule has 0 spiro atoms. The van der Waals surface area contributed by atoms with Crippen molar-refractivity contribution in [2.45, 2.75) is 32.2 Å². The molecular weight excluding hydrogens is 452 g/mol. The lowest BCUT2D eigenvalue weighted by atomic mass is 10.1. The van der Waals surface area contributed by atoms with E-state index in [1.165, 1.54) is 11.3 Å². The number of aryl methyl sites for hydroxylation is 1. The van der Waals surface area contributed by atoms with Crippen LogP contribution in [0.15, 0.2) is 46.6 Å². The molecular formula is C25H22N4O4S. The first-order chi connectivity index (χ1) is 16.7. The fraction of sp³-hybridized carbons (Fsp3) is 0.280. The van der Waals surface area contributed by atoms with Crippen LogP contribution in [0.2, 0.25) is 0 Å². The number of amides is 1. The number of ether oxygens (including phenoxy) is 2. The zero-order chi connectivity index (χ0) is 23.1. The van der Waals surface area contributed by atoms with Crippen LogP contribution in [0.5, 0.6) is 11.5 Å². The molecule has 2 aliphatic heterocycles. The van der Waals surface area contributed by atoms with E-state index in [1.54, 1.807) is 22.8 Å². The Hall–Kier alpha value is -3.72. The van der Waals surface area contributed by atoms with Crippen LogP contribution in [0, 0.1) is 0 Å². The third-order valence-electron chi connectivity index (χ3n) is 6.14. The Kier molecular flexibility index (Phi) is 5.26. The number of thiazole rings is 1. The molecule has 2 aromatic carbocycles. The minimum atomic E-state index is -0.290. The zero-order valence-electron chi connectivity index (χ0n) is 18.4. The van der Waals surface area contributed by atoms with Crippen LogP contribution in [0.1, 0.15) is 35.4 Å². The van der Waals surface area contributed by atoms with Gasteiger partial charge < -0.3 is 9.47 Å². The van der Waals surface area contributed by atoms with Gasteiger partial charge in [0.1, 0.15) is 19.0 Å². The van der Waals surface area contributed by atoms with E-state index in [-0.39, 0.29) is 11.5 Å². The highest BCUT2D eigenvalue weighted by molar-refractivity contribution is 7.14. The van der Waals surface area contributed by atoms with Crippen molar-refractivity contribution in [1.29, 1.82) is 0 Å². The summed E-state index contributed by atoms with van der Waals surface area (Å²) in [5.74, 6) is 1.93. The van der Waals surface area contributed by atoms with Crippen LogP contribution in [0.4, 0.5) is 5.13 Å². The van der Waals surface area contributed by atoms with Gasteiger partial charge in [0.25, 0.3) is 11.5 Å². The number of aromatic nitrogens is 3. The van der Waals surface area contributed by atoms with Crippen molar-refractivity contribution in [1.82, 2.24) is 14.5 Å². The van der Waals surface area contributed by atoms with Crippen LogP contribution >= 0.6 is 11.3 Å². The van der Waals surface area contributed by atoms with Crippen LogP contribution in [-0.2, 0) is 13.0 Å². The maximum atomic E-state index is 12.9. The van der Waals surface area contributed by atoms with Gasteiger partial charge in [-0.25, -0.2) is 9.97 Å². The molecule has 0 bridgehead atoms. The lowest BCUT2D eigenvalue weighted by Gasteiger charge is -2.18.